The van der Waals surface area contributed by atoms with Gasteiger partial charge in [-0.2, -0.15) is 5.26 Å². The molecule has 84 valence electrons. The van der Waals surface area contributed by atoms with Crippen LogP contribution in [0.4, 0.5) is 5.95 Å². The molecule has 2 aromatic rings. The second-order valence-corrected chi connectivity index (χ2v) is 4.38. The Morgan fingerprint density at radius 3 is 2.59 bits per heavy atom. The third-order valence-electron chi connectivity index (χ3n) is 2.17. The SMILES string of the molecule is N#Cc1ccc(-c2nc(N)[nH]c(=O)c2I)cc1. The molecule has 17 heavy (non-hydrogen) atoms. The molecule has 0 saturated heterocycles. The third-order valence-corrected chi connectivity index (χ3v) is 3.17. The largest absolute Gasteiger partial charge is 0.369 e. The van der Waals surface area contributed by atoms with Gasteiger partial charge in [0.1, 0.15) is 3.57 Å². The Kier molecular flexibility index (Phi) is 3.10. The van der Waals surface area contributed by atoms with E-state index in [4.69, 9.17) is 11.0 Å². The van der Waals surface area contributed by atoms with E-state index in [9.17, 15) is 4.79 Å². The van der Waals surface area contributed by atoms with Crippen LogP contribution in [0.25, 0.3) is 11.3 Å². The smallest absolute Gasteiger partial charge is 0.266 e. The van der Waals surface area contributed by atoms with Crippen molar-refractivity contribution in [2.75, 3.05) is 5.73 Å². The Labute approximate surface area is 110 Å². The van der Waals surface area contributed by atoms with Gasteiger partial charge >= 0.3 is 0 Å². The molecule has 0 aliphatic heterocycles. The summed E-state index contributed by atoms with van der Waals surface area (Å²) in [4.78, 5) is 18.0. The number of rotatable bonds is 1. The van der Waals surface area contributed by atoms with E-state index in [1.807, 2.05) is 28.7 Å². The number of nitriles is 1. The van der Waals surface area contributed by atoms with E-state index in [1.165, 1.54) is 0 Å². The molecule has 6 heteroatoms. The molecule has 1 aromatic carbocycles. The summed E-state index contributed by atoms with van der Waals surface area (Å²) in [5, 5.41) is 8.70. The van der Waals surface area contributed by atoms with Crippen LogP contribution >= 0.6 is 22.6 Å². The summed E-state index contributed by atoms with van der Waals surface area (Å²) in [7, 11) is 0. The highest BCUT2D eigenvalue weighted by Crippen LogP contribution is 2.21. The van der Waals surface area contributed by atoms with E-state index >= 15 is 0 Å². The first kappa shape index (κ1) is 11.6. The maximum absolute atomic E-state index is 11.5. The van der Waals surface area contributed by atoms with Gasteiger partial charge in [0.15, 0.2) is 0 Å². The highest BCUT2D eigenvalue weighted by Gasteiger charge is 2.09. The van der Waals surface area contributed by atoms with Crippen molar-refractivity contribution in [2.24, 2.45) is 0 Å². The lowest BCUT2D eigenvalue weighted by Crippen LogP contribution is -2.15. The lowest BCUT2D eigenvalue weighted by Gasteiger charge is -2.04. The van der Waals surface area contributed by atoms with Crippen molar-refractivity contribution in [3.63, 3.8) is 0 Å². The Hall–Kier alpha value is -1.88. The van der Waals surface area contributed by atoms with Crippen LogP contribution in [0.15, 0.2) is 29.1 Å². The van der Waals surface area contributed by atoms with E-state index in [2.05, 4.69) is 9.97 Å². The van der Waals surface area contributed by atoms with Gasteiger partial charge in [0, 0.05) is 5.56 Å². The fourth-order valence-electron chi connectivity index (χ4n) is 1.37. The van der Waals surface area contributed by atoms with Crippen LogP contribution in [0, 0.1) is 14.9 Å². The number of nitrogens with two attached hydrogens (primary N) is 1. The summed E-state index contributed by atoms with van der Waals surface area (Å²) >= 11 is 1.92. The summed E-state index contributed by atoms with van der Waals surface area (Å²) < 4.78 is 0.474. The predicted octanol–water partition coefficient (Wildman–Crippen LogP) is 1.50. The number of hydrogen-bond acceptors (Lipinski definition) is 4. The zero-order valence-corrected chi connectivity index (χ0v) is 10.7. The number of halogens is 1. The molecule has 1 heterocycles. The number of nitrogens with zero attached hydrogens (tertiary/aromatic N) is 2. The fourth-order valence-corrected chi connectivity index (χ4v) is 1.94. The molecule has 2 rings (SSSR count). The van der Waals surface area contributed by atoms with Crippen molar-refractivity contribution in [3.05, 3.63) is 43.8 Å². The number of aromatic amines is 1. The number of aromatic nitrogens is 2. The van der Waals surface area contributed by atoms with Gasteiger partial charge in [-0.15, -0.1) is 0 Å². The van der Waals surface area contributed by atoms with Crippen molar-refractivity contribution in [3.8, 4) is 17.3 Å². The molecule has 0 radical (unpaired) electrons. The second-order valence-electron chi connectivity index (χ2n) is 3.30. The fraction of sp³-hybridized carbons (Fsp3) is 0. The van der Waals surface area contributed by atoms with E-state index in [0.717, 1.165) is 5.56 Å². The summed E-state index contributed by atoms with van der Waals surface area (Å²) in [5.74, 6) is 0.0785. The molecule has 3 N–H and O–H groups in total. The van der Waals surface area contributed by atoms with Gasteiger partial charge < -0.3 is 5.73 Å². The molecule has 0 saturated carbocycles. The van der Waals surface area contributed by atoms with Crippen molar-refractivity contribution in [2.45, 2.75) is 0 Å². The topological polar surface area (TPSA) is 95.6 Å². The van der Waals surface area contributed by atoms with Gasteiger partial charge in [-0.1, -0.05) is 12.1 Å². The van der Waals surface area contributed by atoms with Crippen molar-refractivity contribution < 1.29 is 0 Å². The quantitative estimate of drug-likeness (QED) is 0.770. The van der Waals surface area contributed by atoms with Gasteiger partial charge in [-0.3, -0.25) is 9.78 Å². The first-order valence-electron chi connectivity index (χ1n) is 4.67. The summed E-state index contributed by atoms with van der Waals surface area (Å²) in [5.41, 5.74) is 7.07. The highest BCUT2D eigenvalue weighted by molar-refractivity contribution is 14.1. The number of benzene rings is 1. The molecule has 0 amide bonds. The molecule has 0 aliphatic rings. The highest BCUT2D eigenvalue weighted by atomic mass is 127. The average molecular weight is 338 g/mol. The maximum atomic E-state index is 11.5. The van der Waals surface area contributed by atoms with Crippen LogP contribution in [0.5, 0.6) is 0 Å². The Morgan fingerprint density at radius 1 is 1.35 bits per heavy atom. The second kappa shape index (κ2) is 4.55. The number of nitrogen functional groups attached to an aromatic ring is 1. The molecule has 0 atom stereocenters. The van der Waals surface area contributed by atoms with E-state index in [-0.39, 0.29) is 11.5 Å². The molecule has 0 spiro atoms. The molecule has 0 fully saturated rings. The molecule has 0 bridgehead atoms. The van der Waals surface area contributed by atoms with Crippen molar-refractivity contribution >= 4 is 28.5 Å². The van der Waals surface area contributed by atoms with Crippen LogP contribution in [0.3, 0.4) is 0 Å². The zero-order valence-electron chi connectivity index (χ0n) is 8.57. The summed E-state index contributed by atoms with van der Waals surface area (Å²) in [6.45, 7) is 0. The first-order chi connectivity index (χ1) is 8.11. The summed E-state index contributed by atoms with van der Waals surface area (Å²) in [6, 6.07) is 8.85. The Morgan fingerprint density at radius 2 is 2.00 bits per heavy atom. The van der Waals surface area contributed by atoms with E-state index in [0.29, 0.717) is 14.8 Å². The van der Waals surface area contributed by atoms with E-state index < -0.39 is 0 Å². The minimum absolute atomic E-state index is 0.0785. The Bertz CT molecular complexity index is 655. The molecular formula is C11H7IN4O. The lowest BCUT2D eigenvalue weighted by molar-refractivity contribution is 1.12. The number of hydrogen-bond donors (Lipinski definition) is 2. The average Bonchev–Trinajstić information content (AvgIpc) is 2.34. The normalized spacial score (nSPS) is 9.88. The van der Waals surface area contributed by atoms with Gasteiger partial charge in [-0.25, -0.2) is 4.98 Å². The zero-order chi connectivity index (χ0) is 12.4. The maximum Gasteiger partial charge on any atom is 0.266 e. The van der Waals surface area contributed by atoms with Gasteiger partial charge in [0.05, 0.1) is 17.3 Å². The van der Waals surface area contributed by atoms with Crippen LogP contribution in [0.1, 0.15) is 5.56 Å². The molecule has 0 aliphatic carbocycles. The molecular weight excluding hydrogens is 331 g/mol. The van der Waals surface area contributed by atoms with Crippen LogP contribution in [-0.2, 0) is 0 Å². The summed E-state index contributed by atoms with van der Waals surface area (Å²) in [6.07, 6.45) is 0. The minimum Gasteiger partial charge on any atom is -0.369 e. The van der Waals surface area contributed by atoms with E-state index in [1.54, 1.807) is 24.3 Å². The Balaban J connectivity index is 2.60. The van der Waals surface area contributed by atoms with Crippen LogP contribution in [-0.4, -0.2) is 9.97 Å². The molecule has 1 aromatic heterocycles. The first-order valence-corrected chi connectivity index (χ1v) is 5.75. The van der Waals surface area contributed by atoms with Gasteiger partial charge in [0.2, 0.25) is 5.95 Å². The van der Waals surface area contributed by atoms with Crippen molar-refractivity contribution in [1.82, 2.24) is 9.97 Å². The molecule has 0 unspecified atom stereocenters. The molecule has 5 nitrogen and oxygen atoms in total. The van der Waals surface area contributed by atoms with Gasteiger partial charge in [-0.05, 0) is 34.7 Å². The predicted molar refractivity (Wildman–Crippen MR) is 72.1 cm³/mol. The van der Waals surface area contributed by atoms with Crippen LogP contribution < -0.4 is 11.3 Å². The number of anilines is 1. The minimum atomic E-state index is -0.266. The number of nitrogens with one attached hydrogen (secondary N) is 1. The standard InChI is InChI=1S/C11H7IN4O/c12-8-9(15-11(14)16-10(8)17)7-3-1-6(5-13)2-4-7/h1-4H,(H3,14,15,16,17). The van der Waals surface area contributed by atoms with Crippen LogP contribution in [0.2, 0.25) is 0 Å². The third kappa shape index (κ3) is 2.29. The number of H-pyrrole nitrogens is 1. The van der Waals surface area contributed by atoms with Gasteiger partial charge in [0.25, 0.3) is 5.56 Å². The van der Waals surface area contributed by atoms with Crippen molar-refractivity contribution in [1.29, 1.82) is 5.26 Å². The lowest BCUT2D eigenvalue weighted by atomic mass is 10.1. The monoisotopic (exact) mass is 338 g/mol.